The van der Waals surface area contributed by atoms with Crippen LogP contribution in [0, 0.1) is 11.3 Å². The van der Waals surface area contributed by atoms with Gasteiger partial charge in [-0.1, -0.05) is 19.1 Å². The van der Waals surface area contributed by atoms with Gasteiger partial charge in [-0.3, -0.25) is 0 Å². The van der Waals surface area contributed by atoms with E-state index >= 15 is 0 Å². The van der Waals surface area contributed by atoms with E-state index < -0.39 is 10.0 Å². The zero-order valence-electron chi connectivity index (χ0n) is 10.1. The van der Waals surface area contributed by atoms with Gasteiger partial charge in [-0.25, -0.2) is 8.42 Å². The van der Waals surface area contributed by atoms with Crippen LogP contribution in [0.15, 0.2) is 29.2 Å². The first-order valence-electron chi connectivity index (χ1n) is 5.83. The van der Waals surface area contributed by atoms with Crippen molar-refractivity contribution in [2.75, 3.05) is 19.6 Å². The van der Waals surface area contributed by atoms with Gasteiger partial charge in [0.25, 0.3) is 0 Å². The predicted octanol–water partition coefficient (Wildman–Crippen LogP) is 0.541. The fourth-order valence-electron chi connectivity index (χ4n) is 2.01. The average Bonchev–Trinajstić information content (AvgIpc) is 2.33. The summed E-state index contributed by atoms with van der Waals surface area (Å²) in [5.74, 6) is 0. The van der Waals surface area contributed by atoms with Crippen LogP contribution in [0.3, 0.4) is 0 Å². The highest BCUT2D eigenvalue weighted by Crippen LogP contribution is 2.22. The van der Waals surface area contributed by atoms with Gasteiger partial charge in [-0.2, -0.15) is 9.57 Å². The number of benzene rings is 1. The van der Waals surface area contributed by atoms with E-state index in [1.54, 1.807) is 12.1 Å². The minimum Gasteiger partial charge on any atom is -0.313 e. The Kier molecular flexibility index (Phi) is 3.66. The van der Waals surface area contributed by atoms with E-state index in [1.807, 2.05) is 13.0 Å². The summed E-state index contributed by atoms with van der Waals surface area (Å²) in [6.45, 7) is 3.56. The molecule has 1 fully saturated rings. The van der Waals surface area contributed by atoms with Crippen LogP contribution in [-0.4, -0.2) is 38.4 Å². The first-order valence-corrected chi connectivity index (χ1v) is 7.27. The zero-order valence-corrected chi connectivity index (χ0v) is 10.9. The highest BCUT2D eigenvalue weighted by molar-refractivity contribution is 7.89. The molecule has 0 spiro atoms. The molecule has 0 aromatic heterocycles. The number of nitrogens with one attached hydrogen (secondary N) is 1. The Labute approximate surface area is 107 Å². The molecule has 1 aliphatic heterocycles. The molecule has 1 aromatic carbocycles. The molecule has 1 aromatic rings. The van der Waals surface area contributed by atoms with Gasteiger partial charge < -0.3 is 5.32 Å². The van der Waals surface area contributed by atoms with Crippen molar-refractivity contribution in [3.63, 3.8) is 0 Å². The second-order valence-corrected chi connectivity index (χ2v) is 5.99. The van der Waals surface area contributed by atoms with Gasteiger partial charge in [0.05, 0.1) is 16.5 Å². The van der Waals surface area contributed by atoms with E-state index in [1.165, 1.54) is 16.4 Å². The third-order valence-corrected chi connectivity index (χ3v) is 5.16. The maximum Gasteiger partial charge on any atom is 0.244 e. The number of likely N-dealkylation sites (N-methyl/N-ethyl adjacent to an activating group) is 1. The van der Waals surface area contributed by atoms with Crippen molar-refractivity contribution in [3.8, 4) is 6.07 Å². The summed E-state index contributed by atoms with van der Waals surface area (Å²) in [6.07, 6.45) is 0. The highest BCUT2D eigenvalue weighted by atomic mass is 32.2. The Morgan fingerprint density at radius 2 is 2.11 bits per heavy atom. The molecule has 1 saturated heterocycles. The number of hydrogen-bond acceptors (Lipinski definition) is 4. The van der Waals surface area contributed by atoms with E-state index in [-0.39, 0.29) is 16.5 Å². The molecule has 0 radical (unpaired) electrons. The second-order valence-electron chi connectivity index (χ2n) is 4.13. The van der Waals surface area contributed by atoms with Crippen molar-refractivity contribution in [1.29, 1.82) is 5.26 Å². The van der Waals surface area contributed by atoms with Gasteiger partial charge in [0, 0.05) is 19.6 Å². The van der Waals surface area contributed by atoms with E-state index in [0.29, 0.717) is 19.6 Å². The minimum atomic E-state index is -3.58. The average molecular weight is 265 g/mol. The summed E-state index contributed by atoms with van der Waals surface area (Å²) in [6, 6.07) is 8.25. The Bertz CT molecular complexity index is 573. The number of nitrogens with zero attached hydrogens (tertiary/aromatic N) is 2. The quantitative estimate of drug-likeness (QED) is 0.862. The van der Waals surface area contributed by atoms with Crippen molar-refractivity contribution < 1.29 is 8.42 Å². The number of sulfonamides is 1. The molecular weight excluding hydrogens is 250 g/mol. The van der Waals surface area contributed by atoms with Crippen molar-refractivity contribution in [2.45, 2.75) is 17.9 Å². The first-order chi connectivity index (χ1) is 8.61. The topological polar surface area (TPSA) is 73.2 Å². The van der Waals surface area contributed by atoms with Crippen molar-refractivity contribution in [2.24, 2.45) is 0 Å². The molecule has 1 N–H and O–H groups in total. The highest BCUT2D eigenvalue weighted by Gasteiger charge is 2.34. The van der Waals surface area contributed by atoms with E-state index in [4.69, 9.17) is 5.26 Å². The van der Waals surface area contributed by atoms with Crippen LogP contribution in [0.5, 0.6) is 0 Å². The summed E-state index contributed by atoms with van der Waals surface area (Å²) in [5, 5.41) is 12.1. The monoisotopic (exact) mass is 265 g/mol. The van der Waals surface area contributed by atoms with Crippen LogP contribution < -0.4 is 5.32 Å². The molecule has 96 valence electrons. The molecule has 6 heteroatoms. The number of hydrogen-bond donors (Lipinski definition) is 1. The van der Waals surface area contributed by atoms with Crippen molar-refractivity contribution in [3.05, 3.63) is 29.8 Å². The molecule has 1 aliphatic rings. The lowest BCUT2D eigenvalue weighted by Gasteiger charge is -2.36. The lowest BCUT2D eigenvalue weighted by Crippen LogP contribution is -2.58. The maximum atomic E-state index is 12.5. The summed E-state index contributed by atoms with van der Waals surface area (Å²) in [5.41, 5.74) is 0.197. The molecule has 5 nitrogen and oxygen atoms in total. The third kappa shape index (κ3) is 2.12. The van der Waals surface area contributed by atoms with Crippen molar-refractivity contribution in [1.82, 2.24) is 9.62 Å². The van der Waals surface area contributed by atoms with Crippen molar-refractivity contribution >= 4 is 10.0 Å². The normalized spacial score (nSPS) is 16.3. The molecule has 0 atom stereocenters. The van der Waals surface area contributed by atoms with Gasteiger partial charge >= 0.3 is 0 Å². The largest absolute Gasteiger partial charge is 0.313 e. The van der Waals surface area contributed by atoms with Crippen LogP contribution in [0.4, 0.5) is 0 Å². The first kappa shape index (κ1) is 13.0. The summed E-state index contributed by atoms with van der Waals surface area (Å²) in [7, 11) is -3.58. The fraction of sp³-hybridized carbons (Fsp3) is 0.417. The fourth-order valence-corrected chi connectivity index (χ4v) is 3.79. The Hall–Kier alpha value is -1.42. The number of rotatable bonds is 4. The third-order valence-electron chi connectivity index (χ3n) is 3.07. The predicted molar refractivity (Wildman–Crippen MR) is 67.4 cm³/mol. The molecular formula is C12H15N3O2S. The smallest absolute Gasteiger partial charge is 0.244 e. The van der Waals surface area contributed by atoms with Crippen LogP contribution in [0.1, 0.15) is 12.5 Å². The standard InChI is InChI=1S/C12H15N3O2S/c1-2-15(11-8-14-9-11)18(16,17)12-6-4-3-5-10(12)7-13/h3-6,11,14H,2,8-9H2,1H3. The van der Waals surface area contributed by atoms with E-state index in [9.17, 15) is 8.42 Å². The molecule has 0 saturated carbocycles. The minimum absolute atomic E-state index is 0.00764. The van der Waals surface area contributed by atoms with Gasteiger partial charge in [0.2, 0.25) is 10.0 Å². The summed E-state index contributed by atoms with van der Waals surface area (Å²) in [4.78, 5) is 0.0984. The summed E-state index contributed by atoms with van der Waals surface area (Å²) < 4.78 is 26.5. The van der Waals surface area contributed by atoms with Gasteiger partial charge in [0.1, 0.15) is 6.07 Å². The van der Waals surface area contributed by atoms with Crippen LogP contribution in [-0.2, 0) is 10.0 Å². The Morgan fingerprint density at radius 1 is 1.44 bits per heavy atom. The Balaban J connectivity index is 2.43. The SMILES string of the molecule is CCN(C1CNC1)S(=O)(=O)c1ccccc1C#N. The van der Waals surface area contributed by atoms with Crippen LogP contribution in [0.25, 0.3) is 0 Å². The molecule has 0 amide bonds. The van der Waals surface area contributed by atoms with Gasteiger partial charge in [-0.05, 0) is 12.1 Å². The van der Waals surface area contributed by atoms with Crippen LogP contribution in [0.2, 0.25) is 0 Å². The van der Waals surface area contributed by atoms with Gasteiger partial charge in [-0.15, -0.1) is 0 Å². The summed E-state index contributed by atoms with van der Waals surface area (Å²) >= 11 is 0. The molecule has 2 rings (SSSR count). The molecule has 0 aliphatic carbocycles. The second kappa shape index (κ2) is 5.06. The lowest BCUT2D eigenvalue weighted by atomic mass is 10.2. The lowest BCUT2D eigenvalue weighted by molar-refractivity contribution is 0.249. The van der Waals surface area contributed by atoms with E-state index in [2.05, 4.69) is 5.32 Å². The molecule has 0 unspecified atom stereocenters. The maximum absolute atomic E-state index is 12.5. The van der Waals surface area contributed by atoms with Gasteiger partial charge in [0.15, 0.2) is 0 Å². The zero-order chi connectivity index (χ0) is 13.2. The van der Waals surface area contributed by atoms with Crippen LogP contribution >= 0.6 is 0 Å². The Morgan fingerprint density at radius 3 is 2.61 bits per heavy atom. The van der Waals surface area contributed by atoms with E-state index in [0.717, 1.165) is 0 Å². The molecule has 18 heavy (non-hydrogen) atoms. The molecule has 1 heterocycles. The molecule has 0 bridgehead atoms. The number of nitriles is 1.